The van der Waals surface area contributed by atoms with Crippen LogP contribution >= 0.6 is 0 Å². The van der Waals surface area contributed by atoms with Gasteiger partial charge < -0.3 is 50.5 Å². The van der Waals surface area contributed by atoms with Crippen molar-refractivity contribution in [3.05, 3.63) is 59.9 Å². The van der Waals surface area contributed by atoms with Crippen LogP contribution in [0.1, 0.15) is 90.3 Å². The van der Waals surface area contributed by atoms with Gasteiger partial charge in [-0.3, -0.25) is 33.6 Å². The van der Waals surface area contributed by atoms with E-state index < -0.39 is 113 Å². The molecule has 0 spiro atoms. The number of likely N-dealkylation sites (N-methyl/N-ethyl adjacent to an activating group) is 3. The number of cyclic esters (lactones) is 1. The zero-order chi connectivity index (χ0) is 47.2. The minimum Gasteiger partial charge on any atom is -0.505 e. The molecule has 63 heavy (non-hydrogen) atoms. The topological polar surface area (TPSA) is 248 Å². The molecular weight excluding hydrogens is 817 g/mol. The lowest BCUT2D eigenvalue weighted by Gasteiger charge is -2.43. The van der Waals surface area contributed by atoms with E-state index in [0.717, 1.165) is 14.7 Å². The zero-order valence-electron chi connectivity index (χ0n) is 37.8. The van der Waals surface area contributed by atoms with Crippen molar-refractivity contribution in [3.63, 3.8) is 0 Å². The van der Waals surface area contributed by atoms with Gasteiger partial charge in [-0.05, 0) is 62.6 Å². The van der Waals surface area contributed by atoms with Gasteiger partial charge in [-0.25, -0.2) is 9.78 Å². The summed E-state index contributed by atoms with van der Waals surface area (Å²) in [6, 6.07) is 3.70. The summed E-state index contributed by atoms with van der Waals surface area (Å²) in [5.74, 6) is -8.58. The minimum absolute atomic E-state index is 0.0173. The van der Waals surface area contributed by atoms with Crippen LogP contribution in [0.5, 0.6) is 5.75 Å². The summed E-state index contributed by atoms with van der Waals surface area (Å²) < 4.78 is 5.74. The predicted molar refractivity (Wildman–Crippen MR) is 228 cm³/mol. The van der Waals surface area contributed by atoms with Crippen LogP contribution in [-0.2, 0) is 38.3 Å². The lowest BCUT2D eigenvalue weighted by atomic mass is 9.87. The number of benzene rings is 1. The number of hydrogen-bond donors (Lipinski definition) is 5. The number of aromatic hydroxyl groups is 1. The van der Waals surface area contributed by atoms with Gasteiger partial charge in [-0.1, -0.05) is 65.0 Å². The van der Waals surface area contributed by atoms with Gasteiger partial charge in [0.25, 0.3) is 18.0 Å². The molecule has 19 nitrogen and oxygen atoms in total. The highest BCUT2D eigenvalue weighted by atomic mass is 16.6. The highest BCUT2D eigenvalue weighted by molar-refractivity contribution is 6.01. The lowest BCUT2D eigenvalue weighted by Crippen LogP contribution is -2.64. The Balaban J connectivity index is 1.91. The monoisotopic (exact) mass is 878 g/mol. The second kappa shape index (κ2) is 20.4. The predicted octanol–water partition coefficient (Wildman–Crippen LogP) is 0.953. The Morgan fingerprint density at radius 1 is 0.889 bits per heavy atom. The minimum atomic E-state index is -2.21. The fourth-order valence-electron chi connectivity index (χ4n) is 7.80. The quantitative estimate of drug-likeness (QED) is 0.244. The fraction of sp³-hybridized carbons (Fsp3) is 0.568. The number of pyridine rings is 1. The maximum absolute atomic E-state index is 14.6. The summed E-state index contributed by atoms with van der Waals surface area (Å²) in [7, 11) is 4.10. The molecule has 7 amide bonds. The maximum Gasteiger partial charge on any atom is 0.335 e. The fourth-order valence-corrected chi connectivity index (χ4v) is 7.80. The van der Waals surface area contributed by atoms with Gasteiger partial charge in [0.05, 0.1) is 6.10 Å². The second-order valence-electron chi connectivity index (χ2n) is 17.7. The van der Waals surface area contributed by atoms with Crippen LogP contribution < -0.4 is 16.0 Å². The van der Waals surface area contributed by atoms with Gasteiger partial charge in [0, 0.05) is 40.3 Å². The van der Waals surface area contributed by atoms with Crippen molar-refractivity contribution in [1.82, 2.24) is 40.5 Å². The molecule has 344 valence electrons. The van der Waals surface area contributed by atoms with E-state index in [2.05, 4.69) is 20.9 Å². The molecule has 1 aromatic heterocycles. The van der Waals surface area contributed by atoms with E-state index in [-0.39, 0.29) is 36.8 Å². The Labute approximate surface area is 367 Å². The van der Waals surface area contributed by atoms with Gasteiger partial charge in [-0.2, -0.15) is 0 Å². The number of carbonyl (C=O) groups excluding carboxylic acids is 8. The Morgan fingerprint density at radius 3 is 2.11 bits per heavy atom. The van der Waals surface area contributed by atoms with E-state index in [1.807, 2.05) is 13.8 Å². The average molecular weight is 879 g/mol. The van der Waals surface area contributed by atoms with Crippen LogP contribution in [0.3, 0.4) is 0 Å². The first-order valence-electron chi connectivity index (χ1n) is 21.0. The number of rotatable bonds is 7. The van der Waals surface area contributed by atoms with Crippen LogP contribution in [0.2, 0.25) is 0 Å². The molecule has 8 atom stereocenters. The molecule has 8 unspecified atom stereocenters. The summed E-state index contributed by atoms with van der Waals surface area (Å²) in [5, 5.41) is 28.8. The maximum atomic E-state index is 14.6. The van der Waals surface area contributed by atoms with Gasteiger partial charge in [0.15, 0.2) is 11.7 Å². The Morgan fingerprint density at radius 2 is 1.52 bits per heavy atom. The van der Waals surface area contributed by atoms with E-state index in [0.29, 0.717) is 0 Å². The molecule has 5 N–H and O–H groups in total. The van der Waals surface area contributed by atoms with Crippen molar-refractivity contribution < 1.29 is 53.3 Å². The average Bonchev–Trinajstić information content (AvgIpc) is 3.62. The summed E-state index contributed by atoms with van der Waals surface area (Å²) in [4.78, 5) is 123. The zero-order valence-corrected chi connectivity index (χ0v) is 37.8. The molecule has 2 saturated heterocycles. The smallest absolute Gasteiger partial charge is 0.335 e. The summed E-state index contributed by atoms with van der Waals surface area (Å²) in [6.07, 6.45) is -2.37. The first kappa shape index (κ1) is 49.5. The highest BCUT2D eigenvalue weighted by Gasteiger charge is 2.49. The molecule has 2 aliphatic heterocycles. The molecule has 0 radical (unpaired) electrons. The standard InChI is InChI=1S/C44H62N8O11/c1-23(2)20-29-40(59)52-22-28(53)21-30(52)41(60)51(11)44(7,8)43(62)50(10)33(25(5)24(3)4)36(56)46-26(6)39(58)49(9)34(27-16-13-12-14-17-27)42(61)63-38(37(57)47-29)48-35(55)32-31(54)18-15-19-45-32/h12-19,23-26,28-30,33-34,38,53-54H,20-22H2,1-11H3,(H,46,56)(H,47,57)(H,48,55). The SMILES string of the molecule is CC(C)CC1NC(=O)C(NC(=O)c2ncccc2O)OC(=O)C(c2ccccc2)N(C)C(=O)C(C)NC(=O)C(C(C)C(C)C)N(C)C(=O)C(C)(C)N(C)C(=O)C2CC(O)CN2C1=O. The van der Waals surface area contributed by atoms with E-state index in [4.69, 9.17) is 4.74 Å². The lowest BCUT2D eigenvalue weighted by molar-refractivity contribution is -0.165. The molecule has 0 saturated carbocycles. The summed E-state index contributed by atoms with van der Waals surface area (Å²) >= 11 is 0. The first-order valence-corrected chi connectivity index (χ1v) is 21.0. The molecule has 2 fully saturated rings. The first-order chi connectivity index (χ1) is 29.4. The van der Waals surface area contributed by atoms with Gasteiger partial charge in [0.1, 0.15) is 35.5 Å². The van der Waals surface area contributed by atoms with Gasteiger partial charge in [0.2, 0.25) is 29.5 Å². The molecule has 19 heteroatoms. The van der Waals surface area contributed by atoms with Crippen molar-refractivity contribution in [2.45, 2.75) is 116 Å². The van der Waals surface area contributed by atoms with Crippen molar-refractivity contribution in [2.75, 3.05) is 27.7 Å². The Bertz CT molecular complexity index is 2050. The normalized spacial score (nSPS) is 26.5. The van der Waals surface area contributed by atoms with E-state index in [9.17, 15) is 48.6 Å². The molecular formula is C44H62N8O11. The van der Waals surface area contributed by atoms with Crippen LogP contribution in [0.25, 0.3) is 0 Å². The van der Waals surface area contributed by atoms with Crippen LogP contribution in [0.15, 0.2) is 48.7 Å². The number of aliphatic hydroxyl groups is 1. The number of nitrogens with one attached hydrogen (secondary N) is 3. The number of ether oxygens (including phenoxy) is 1. The molecule has 4 rings (SSSR count). The third kappa shape index (κ3) is 11.1. The molecule has 2 aromatic rings. The third-order valence-electron chi connectivity index (χ3n) is 12.0. The van der Waals surface area contributed by atoms with E-state index in [1.54, 1.807) is 39.0 Å². The van der Waals surface area contributed by atoms with Crippen molar-refractivity contribution in [1.29, 1.82) is 0 Å². The number of esters is 1. The van der Waals surface area contributed by atoms with E-state index in [1.165, 1.54) is 77.3 Å². The van der Waals surface area contributed by atoms with Crippen LogP contribution in [0.4, 0.5) is 0 Å². The van der Waals surface area contributed by atoms with Gasteiger partial charge >= 0.3 is 5.97 Å². The Kier molecular flexibility index (Phi) is 16.0. The Hall–Kier alpha value is -6.11. The van der Waals surface area contributed by atoms with Gasteiger partial charge in [-0.15, -0.1) is 0 Å². The van der Waals surface area contributed by atoms with Crippen molar-refractivity contribution in [2.24, 2.45) is 17.8 Å². The number of carbonyl (C=O) groups is 8. The number of amides is 7. The van der Waals surface area contributed by atoms with Crippen molar-refractivity contribution in [3.8, 4) is 5.75 Å². The number of nitrogens with zero attached hydrogens (tertiary/aromatic N) is 5. The number of aliphatic hydroxyl groups excluding tert-OH is 1. The third-order valence-corrected chi connectivity index (χ3v) is 12.0. The molecule has 2 aliphatic rings. The summed E-state index contributed by atoms with van der Waals surface area (Å²) in [5.41, 5.74) is -1.92. The number of hydrogen-bond acceptors (Lipinski definition) is 12. The van der Waals surface area contributed by atoms with Crippen LogP contribution in [-0.4, -0.2) is 152 Å². The summed E-state index contributed by atoms with van der Waals surface area (Å²) in [6.45, 7) is 13.1. The molecule has 3 heterocycles. The molecule has 1 aromatic carbocycles. The number of fused-ring (bicyclic) bond motifs is 1. The van der Waals surface area contributed by atoms with E-state index >= 15 is 0 Å². The molecule has 0 aliphatic carbocycles. The highest BCUT2D eigenvalue weighted by Crippen LogP contribution is 2.29. The van der Waals surface area contributed by atoms with Crippen LogP contribution in [0, 0.1) is 17.8 Å². The number of aromatic nitrogens is 1. The second-order valence-corrected chi connectivity index (χ2v) is 17.7. The largest absolute Gasteiger partial charge is 0.505 e. The van der Waals surface area contributed by atoms with Crippen molar-refractivity contribution >= 4 is 47.3 Å². The molecule has 0 bridgehead atoms.